The van der Waals surface area contributed by atoms with Crippen molar-refractivity contribution in [2.45, 2.75) is 45.6 Å². The number of aryl methyl sites for hydroxylation is 1. The maximum atomic E-state index is 5.02. The average molecular weight is 545 g/mol. The first-order valence-electron chi connectivity index (χ1n) is 14.4. The van der Waals surface area contributed by atoms with Gasteiger partial charge in [-0.1, -0.05) is 67.6 Å². The van der Waals surface area contributed by atoms with Gasteiger partial charge in [-0.15, -0.1) is 0 Å². The molecule has 1 saturated heterocycles. The molecule has 1 N–H and O–H groups in total. The number of hydrogen-bond acceptors (Lipinski definition) is 6. The number of nitrogens with one attached hydrogen (secondary N) is 1. The normalized spacial score (nSPS) is 15.3. The number of allylic oxidation sites excluding steroid dienone is 2. The molecular formula is C33H36N8. The van der Waals surface area contributed by atoms with Crippen molar-refractivity contribution in [3.05, 3.63) is 102 Å². The Morgan fingerprint density at radius 2 is 1.80 bits per heavy atom. The largest absolute Gasteiger partial charge is 0.299 e. The van der Waals surface area contributed by atoms with Crippen LogP contribution in [0.5, 0.6) is 0 Å². The third-order valence-corrected chi connectivity index (χ3v) is 7.88. The molecule has 0 spiro atoms. The summed E-state index contributed by atoms with van der Waals surface area (Å²) in [5, 5.41) is 7.61. The van der Waals surface area contributed by atoms with Gasteiger partial charge in [0.1, 0.15) is 23.0 Å². The molecule has 0 amide bonds. The SMILES string of the molecule is CC/C=C\C(=NC)c1n[nH]c(C2CCN(Cc3ccc(-c4nc(C)n5ccnc5c4-c4ccccc4)cc3)CC2)n1. The van der Waals surface area contributed by atoms with Gasteiger partial charge in [0, 0.05) is 37.5 Å². The predicted molar refractivity (Wildman–Crippen MR) is 164 cm³/mol. The molecule has 1 fully saturated rings. The fraction of sp³-hybridized carbons (Fsp3) is 0.303. The monoisotopic (exact) mass is 544 g/mol. The second-order valence-corrected chi connectivity index (χ2v) is 10.6. The lowest BCUT2D eigenvalue weighted by Gasteiger charge is -2.31. The van der Waals surface area contributed by atoms with Gasteiger partial charge in [-0.05, 0) is 56.5 Å². The zero-order valence-corrected chi connectivity index (χ0v) is 24.0. The molecular weight excluding hydrogens is 508 g/mol. The predicted octanol–water partition coefficient (Wildman–Crippen LogP) is 6.25. The summed E-state index contributed by atoms with van der Waals surface area (Å²) in [5.74, 6) is 2.98. The van der Waals surface area contributed by atoms with Gasteiger partial charge >= 0.3 is 0 Å². The molecule has 3 aromatic heterocycles. The number of aromatic nitrogens is 6. The summed E-state index contributed by atoms with van der Waals surface area (Å²) in [4.78, 5) is 21.4. The van der Waals surface area contributed by atoms with Gasteiger partial charge in [-0.2, -0.15) is 5.10 Å². The number of aromatic amines is 1. The van der Waals surface area contributed by atoms with Crippen LogP contribution >= 0.6 is 0 Å². The minimum atomic E-state index is 0.395. The quantitative estimate of drug-likeness (QED) is 0.233. The molecule has 1 aliphatic heterocycles. The van der Waals surface area contributed by atoms with Crippen molar-refractivity contribution in [2.24, 2.45) is 4.99 Å². The number of piperidine rings is 1. The van der Waals surface area contributed by atoms with E-state index in [4.69, 9.17) is 9.97 Å². The fourth-order valence-electron chi connectivity index (χ4n) is 5.65. The van der Waals surface area contributed by atoms with Gasteiger partial charge in [0.2, 0.25) is 0 Å². The van der Waals surface area contributed by atoms with Crippen molar-refractivity contribution in [1.82, 2.24) is 34.4 Å². The van der Waals surface area contributed by atoms with Gasteiger partial charge in [-0.25, -0.2) is 15.0 Å². The molecule has 0 aliphatic carbocycles. The van der Waals surface area contributed by atoms with Crippen LogP contribution in [0, 0.1) is 6.92 Å². The number of hydrogen-bond donors (Lipinski definition) is 1. The van der Waals surface area contributed by atoms with Crippen molar-refractivity contribution < 1.29 is 0 Å². The Morgan fingerprint density at radius 3 is 2.54 bits per heavy atom. The molecule has 0 unspecified atom stereocenters. The van der Waals surface area contributed by atoms with E-state index >= 15 is 0 Å². The van der Waals surface area contributed by atoms with E-state index in [1.165, 1.54) is 5.56 Å². The summed E-state index contributed by atoms with van der Waals surface area (Å²) < 4.78 is 2.06. The molecule has 41 heavy (non-hydrogen) atoms. The molecule has 0 atom stereocenters. The van der Waals surface area contributed by atoms with E-state index in [2.05, 4.69) is 91.0 Å². The van der Waals surface area contributed by atoms with Crippen molar-refractivity contribution >= 4 is 11.4 Å². The van der Waals surface area contributed by atoms with Crippen molar-refractivity contribution in [2.75, 3.05) is 20.1 Å². The van der Waals surface area contributed by atoms with Crippen molar-refractivity contribution in [3.63, 3.8) is 0 Å². The third-order valence-electron chi connectivity index (χ3n) is 7.88. The van der Waals surface area contributed by atoms with Gasteiger partial charge in [-0.3, -0.25) is 19.4 Å². The zero-order chi connectivity index (χ0) is 28.2. The van der Waals surface area contributed by atoms with Crippen LogP contribution in [0.1, 0.15) is 55.1 Å². The highest BCUT2D eigenvalue weighted by atomic mass is 15.2. The van der Waals surface area contributed by atoms with E-state index in [1.807, 2.05) is 31.5 Å². The Bertz CT molecular complexity index is 1670. The van der Waals surface area contributed by atoms with E-state index in [-0.39, 0.29) is 0 Å². The van der Waals surface area contributed by atoms with Crippen LogP contribution in [0.25, 0.3) is 28.0 Å². The summed E-state index contributed by atoms with van der Waals surface area (Å²) in [6, 6.07) is 19.3. The Labute approximate surface area is 240 Å². The molecule has 6 rings (SSSR count). The maximum absolute atomic E-state index is 5.02. The number of imidazole rings is 1. The summed E-state index contributed by atoms with van der Waals surface area (Å²) >= 11 is 0. The van der Waals surface area contributed by atoms with Gasteiger partial charge < -0.3 is 0 Å². The van der Waals surface area contributed by atoms with Gasteiger partial charge in [0.15, 0.2) is 5.82 Å². The van der Waals surface area contributed by atoms with Crippen LogP contribution in [0.2, 0.25) is 0 Å². The van der Waals surface area contributed by atoms with Crippen LogP contribution < -0.4 is 0 Å². The number of fused-ring (bicyclic) bond motifs is 1. The summed E-state index contributed by atoms with van der Waals surface area (Å²) in [7, 11) is 1.79. The van der Waals surface area contributed by atoms with E-state index in [0.717, 1.165) is 84.3 Å². The highest BCUT2D eigenvalue weighted by molar-refractivity contribution is 6.05. The minimum Gasteiger partial charge on any atom is -0.299 e. The first-order valence-corrected chi connectivity index (χ1v) is 14.4. The van der Waals surface area contributed by atoms with Crippen LogP contribution in [0.3, 0.4) is 0 Å². The summed E-state index contributed by atoms with van der Waals surface area (Å²) in [6.07, 6.45) is 11.0. The number of nitrogens with zero attached hydrogens (tertiary/aromatic N) is 7. The lowest BCUT2D eigenvalue weighted by molar-refractivity contribution is 0.202. The second-order valence-electron chi connectivity index (χ2n) is 10.6. The van der Waals surface area contributed by atoms with Crippen LogP contribution in [0.15, 0.2) is 84.1 Å². The molecule has 8 heteroatoms. The Hall–Kier alpha value is -4.43. The van der Waals surface area contributed by atoms with Gasteiger partial charge in [0.25, 0.3) is 0 Å². The molecule has 0 radical (unpaired) electrons. The number of rotatable bonds is 8. The Kier molecular flexibility index (Phi) is 7.82. The molecule has 0 bridgehead atoms. The highest BCUT2D eigenvalue weighted by Gasteiger charge is 2.24. The van der Waals surface area contributed by atoms with E-state index in [0.29, 0.717) is 11.7 Å². The third kappa shape index (κ3) is 5.60. The smallest absolute Gasteiger partial charge is 0.199 e. The molecule has 8 nitrogen and oxygen atoms in total. The lowest BCUT2D eigenvalue weighted by atomic mass is 9.95. The van der Waals surface area contributed by atoms with E-state index in [9.17, 15) is 0 Å². The topological polar surface area (TPSA) is 87.4 Å². The summed E-state index contributed by atoms with van der Waals surface area (Å²) in [5.41, 5.74) is 7.30. The number of aliphatic imine (C=N–C) groups is 1. The minimum absolute atomic E-state index is 0.395. The second kappa shape index (κ2) is 12.0. The van der Waals surface area contributed by atoms with Crippen LogP contribution in [-0.4, -0.2) is 60.3 Å². The highest BCUT2D eigenvalue weighted by Crippen LogP contribution is 2.34. The molecule has 208 valence electrons. The van der Waals surface area contributed by atoms with Crippen LogP contribution in [0.4, 0.5) is 0 Å². The standard InChI is InChI=1S/C33H36N8/c1-4-5-11-28(34-3)32-37-31(38-39-32)27-16-19-40(20-17-27)22-24-12-14-26(15-13-24)30-29(25-9-7-6-8-10-25)33-35-18-21-41(33)23(2)36-30/h5-15,18,21,27H,4,16-17,19-20,22H2,1-3H3,(H,37,38,39)/b11-5-,34-28?. The average Bonchev–Trinajstić information content (AvgIpc) is 3.70. The first-order chi connectivity index (χ1) is 20.1. The molecule has 2 aromatic carbocycles. The van der Waals surface area contributed by atoms with Crippen molar-refractivity contribution in [1.29, 1.82) is 0 Å². The fourth-order valence-corrected chi connectivity index (χ4v) is 5.65. The van der Waals surface area contributed by atoms with E-state index in [1.54, 1.807) is 7.05 Å². The Balaban J connectivity index is 1.14. The first kappa shape index (κ1) is 26.8. The number of H-pyrrole nitrogens is 1. The lowest BCUT2D eigenvalue weighted by Crippen LogP contribution is -2.32. The Morgan fingerprint density at radius 1 is 1.02 bits per heavy atom. The molecule has 5 aromatic rings. The summed E-state index contributed by atoms with van der Waals surface area (Å²) in [6.45, 7) is 7.13. The maximum Gasteiger partial charge on any atom is 0.199 e. The van der Waals surface area contributed by atoms with Crippen LogP contribution in [-0.2, 0) is 6.54 Å². The number of likely N-dealkylation sites (tertiary alicyclic amines) is 1. The molecule has 1 aliphatic rings. The number of benzene rings is 2. The zero-order valence-electron chi connectivity index (χ0n) is 24.0. The van der Waals surface area contributed by atoms with Crippen molar-refractivity contribution in [3.8, 4) is 22.4 Å². The van der Waals surface area contributed by atoms with Gasteiger partial charge in [0.05, 0.1) is 11.3 Å². The molecule has 4 heterocycles. The van der Waals surface area contributed by atoms with E-state index < -0.39 is 0 Å². The molecule has 0 saturated carbocycles.